The third kappa shape index (κ3) is 2.85. The molecule has 17 heavy (non-hydrogen) atoms. The lowest BCUT2D eigenvalue weighted by molar-refractivity contribution is 0.134. The van der Waals surface area contributed by atoms with Crippen molar-refractivity contribution >= 4 is 11.0 Å². The zero-order valence-corrected chi connectivity index (χ0v) is 9.98. The van der Waals surface area contributed by atoms with Crippen LogP contribution in [0.1, 0.15) is 25.1 Å². The molecule has 1 aromatic heterocycles. The van der Waals surface area contributed by atoms with Crippen molar-refractivity contribution in [1.82, 2.24) is 5.43 Å². The molecule has 4 heteroatoms. The van der Waals surface area contributed by atoms with Gasteiger partial charge in [0.25, 0.3) is 0 Å². The minimum Gasteiger partial charge on any atom is -0.459 e. The van der Waals surface area contributed by atoms with Gasteiger partial charge in [0.15, 0.2) is 0 Å². The summed E-state index contributed by atoms with van der Waals surface area (Å²) in [5, 5.41) is 1.10. The molecule has 2 rings (SSSR count). The van der Waals surface area contributed by atoms with Crippen LogP contribution >= 0.6 is 0 Å². The first-order chi connectivity index (χ1) is 8.35. The smallest absolute Gasteiger partial charge is 0.134 e. The van der Waals surface area contributed by atoms with Gasteiger partial charge < -0.3 is 9.15 Å². The van der Waals surface area contributed by atoms with Gasteiger partial charge in [0.2, 0.25) is 0 Å². The van der Waals surface area contributed by atoms with E-state index in [0.29, 0.717) is 6.61 Å². The van der Waals surface area contributed by atoms with Gasteiger partial charge in [-0.25, -0.2) is 5.43 Å². The minimum atomic E-state index is -0.00560. The van der Waals surface area contributed by atoms with Gasteiger partial charge in [0.05, 0.1) is 6.04 Å². The summed E-state index contributed by atoms with van der Waals surface area (Å²) in [6.07, 6.45) is 0.796. The highest BCUT2D eigenvalue weighted by atomic mass is 16.5. The van der Waals surface area contributed by atoms with Crippen LogP contribution in [-0.4, -0.2) is 13.2 Å². The Morgan fingerprint density at radius 3 is 2.94 bits per heavy atom. The molecule has 0 radical (unpaired) electrons. The first-order valence-electron chi connectivity index (χ1n) is 5.87. The number of rotatable bonds is 6. The van der Waals surface area contributed by atoms with Gasteiger partial charge in [-0.1, -0.05) is 18.2 Å². The van der Waals surface area contributed by atoms with Crippen LogP contribution in [0.2, 0.25) is 0 Å². The Morgan fingerprint density at radius 1 is 1.41 bits per heavy atom. The van der Waals surface area contributed by atoms with Crippen molar-refractivity contribution in [2.45, 2.75) is 19.4 Å². The molecular weight excluding hydrogens is 216 g/mol. The summed E-state index contributed by atoms with van der Waals surface area (Å²) in [6, 6.07) is 9.95. The second kappa shape index (κ2) is 5.82. The molecule has 0 saturated heterocycles. The molecule has 4 nitrogen and oxygen atoms in total. The Morgan fingerprint density at radius 2 is 2.24 bits per heavy atom. The Balaban J connectivity index is 2.12. The molecule has 0 aliphatic rings. The predicted octanol–water partition coefficient (Wildman–Crippen LogP) is 2.36. The Bertz CT molecular complexity index is 434. The molecule has 0 fully saturated rings. The molecule has 0 aliphatic carbocycles. The molecule has 1 unspecified atom stereocenters. The van der Waals surface area contributed by atoms with Crippen molar-refractivity contribution < 1.29 is 9.15 Å². The lowest BCUT2D eigenvalue weighted by atomic mass is 10.1. The molecular formula is C13H18N2O2. The second-order valence-corrected chi connectivity index (χ2v) is 3.89. The fraction of sp³-hybridized carbons (Fsp3) is 0.385. The standard InChI is InChI=1S/C13H18N2O2/c1-2-16-8-7-11(15-14)13-9-10-5-3-4-6-12(10)17-13/h3-6,9,11,15H,2,7-8,14H2,1H3. The SMILES string of the molecule is CCOCCC(NN)c1cc2ccccc2o1. The molecule has 92 valence electrons. The quantitative estimate of drug-likeness (QED) is 0.457. The molecule has 0 bridgehead atoms. The van der Waals surface area contributed by atoms with Crippen LogP contribution in [0.3, 0.4) is 0 Å². The number of hydrogen-bond acceptors (Lipinski definition) is 4. The highest BCUT2D eigenvalue weighted by molar-refractivity contribution is 5.77. The number of furan rings is 1. The van der Waals surface area contributed by atoms with Gasteiger partial charge in [0.1, 0.15) is 11.3 Å². The molecule has 0 amide bonds. The normalized spacial score (nSPS) is 13.1. The van der Waals surface area contributed by atoms with Gasteiger partial charge >= 0.3 is 0 Å². The molecule has 1 heterocycles. The van der Waals surface area contributed by atoms with E-state index < -0.39 is 0 Å². The van der Waals surface area contributed by atoms with Crippen molar-refractivity contribution in [2.75, 3.05) is 13.2 Å². The highest BCUT2D eigenvalue weighted by Gasteiger charge is 2.14. The molecule has 3 N–H and O–H groups in total. The van der Waals surface area contributed by atoms with Gasteiger partial charge in [0, 0.05) is 18.6 Å². The van der Waals surface area contributed by atoms with E-state index in [9.17, 15) is 0 Å². The van der Waals surface area contributed by atoms with E-state index >= 15 is 0 Å². The van der Waals surface area contributed by atoms with Crippen molar-refractivity contribution in [3.05, 3.63) is 36.1 Å². The van der Waals surface area contributed by atoms with Gasteiger partial charge in [-0.2, -0.15) is 0 Å². The summed E-state index contributed by atoms with van der Waals surface area (Å²) in [7, 11) is 0. The van der Waals surface area contributed by atoms with Gasteiger partial charge in [-0.3, -0.25) is 5.84 Å². The summed E-state index contributed by atoms with van der Waals surface area (Å²) < 4.78 is 11.1. The molecule has 0 spiro atoms. The first kappa shape index (κ1) is 12.1. The molecule has 1 aromatic carbocycles. The average Bonchev–Trinajstić information content (AvgIpc) is 2.78. The van der Waals surface area contributed by atoms with Crippen LogP contribution in [0.15, 0.2) is 34.7 Å². The van der Waals surface area contributed by atoms with Crippen LogP contribution in [0, 0.1) is 0 Å². The zero-order valence-electron chi connectivity index (χ0n) is 9.98. The van der Waals surface area contributed by atoms with E-state index in [1.54, 1.807) is 0 Å². The summed E-state index contributed by atoms with van der Waals surface area (Å²) in [5.74, 6) is 6.40. The molecule has 0 saturated carbocycles. The lowest BCUT2D eigenvalue weighted by Gasteiger charge is -2.12. The third-order valence-corrected chi connectivity index (χ3v) is 2.74. The molecule has 2 aromatic rings. The van der Waals surface area contributed by atoms with Crippen molar-refractivity contribution in [3.63, 3.8) is 0 Å². The van der Waals surface area contributed by atoms with E-state index in [0.717, 1.165) is 29.8 Å². The number of ether oxygens (including phenoxy) is 1. The maximum atomic E-state index is 5.75. The Kier molecular flexibility index (Phi) is 4.14. The number of nitrogens with two attached hydrogens (primary N) is 1. The van der Waals surface area contributed by atoms with E-state index in [4.69, 9.17) is 15.0 Å². The maximum absolute atomic E-state index is 5.75. The predicted molar refractivity (Wildman–Crippen MR) is 67.4 cm³/mol. The Hall–Kier alpha value is -1.36. The second-order valence-electron chi connectivity index (χ2n) is 3.89. The monoisotopic (exact) mass is 234 g/mol. The fourth-order valence-corrected chi connectivity index (χ4v) is 1.83. The van der Waals surface area contributed by atoms with Crippen LogP contribution in [-0.2, 0) is 4.74 Å². The third-order valence-electron chi connectivity index (χ3n) is 2.74. The van der Waals surface area contributed by atoms with Crippen LogP contribution in [0.5, 0.6) is 0 Å². The summed E-state index contributed by atoms with van der Waals surface area (Å²) in [5.41, 5.74) is 3.65. The summed E-state index contributed by atoms with van der Waals surface area (Å²) >= 11 is 0. The lowest BCUT2D eigenvalue weighted by Crippen LogP contribution is -2.28. The van der Waals surface area contributed by atoms with E-state index in [-0.39, 0.29) is 6.04 Å². The van der Waals surface area contributed by atoms with Crippen LogP contribution in [0.4, 0.5) is 0 Å². The zero-order chi connectivity index (χ0) is 12.1. The van der Waals surface area contributed by atoms with E-state index in [2.05, 4.69) is 5.43 Å². The summed E-state index contributed by atoms with van der Waals surface area (Å²) in [4.78, 5) is 0. The number of hydrogen-bond donors (Lipinski definition) is 2. The van der Waals surface area contributed by atoms with Gasteiger partial charge in [-0.15, -0.1) is 0 Å². The largest absolute Gasteiger partial charge is 0.459 e. The van der Waals surface area contributed by atoms with Crippen molar-refractivity contribution in [3.8, 4) is 0 Å². The number of para-hydroxylation sites is 1. The van der Waals surface area contributed by atoms with Crippen molar-refractivity contribution in [2.24, 2.45) is 5.84 Å². The number of benzene rings is 1. The average molecular weight is 234 g/mol. The van der Waals surface area contributed by atoms with Crippen molar-refractivity contribution in [1.29, 1.82) is 0 Å². The molecule has 1 atom stereocenters. The topological polar surface area (TPSA) is 60.4 Å². The van der Waals surface area contributed by atoms with E-state index in [1.165, 1.54) is 0 Å². The van der Waals surface area contributed by atoms with Crippen LogP contribution in [0.25, 0.3) is 11.0 Å². The fourth-order valence-electron chi connectivity index (χ4n) is 1.83. The maximum Gasteiger partial charge on any atom is 0.134 e. The number of hydrazine groups is 1. The van der Waals surface area contributed by atoms with Crippen LogP contribution < -0.4 is 11.3 Å². The Labute approximate surface area is 101 Å². The summed E-state index contributed by atoms with van der Waals surface area (Å²) in [6.45, 7) is 3.37. The van der Waals surface area contributed by atoms with E-state index in [1.807, 2.05) is 37.3 Å². The van der Waals surface area contributed by atoms with Gasteiger partial charge in [-0.05, 0) is 25.5 Å². The number of nitrogens with one attached hydrogen (secondary N) is 1. The minimum absolute atomic E-state index is 0.00560. The number of fused-ring (bicyclic) bond motifs is 1. The first-order valence-corrected chi connectivity index (χ1v) is 5.87. The molecule has 0 aliphatic heterocycles. The highest BCUT2D eigenvalue weighted by Crippen LogP contribution is 2.25.